The molecule has 1 aromatic heterocycles. The van der Waals surface area contributed by atoms with Gasteiger partial charge in [0.15, 0.2) is 0 Å². The third-order valence-electron chi connectivity index (χ3n) is 5.05. The molecule has 0 unspecified atom stereocenters. The molecule has 7 nitrogen and oxygen atoms in total. The van der Waals surface area contributed by atoms with Crippen LogP contribution in [-0.4, -0.2) is 49.2 Å². The number of carbonyl (C=O) groups is 1. The number of benzene rings is 1. The summed E-state index contributed by atoms with van der Waals surface area (Å²) in [6, 6.07) is 9.84. The number of amides is 1. The number of anilines is 2. The van der Waals surface area contributed by atoms with Gasteiger partial charge in [-0.1, -0.05) is 12.1 Å². The fraction of sp³-hybridized carbons (Fsp3) is 0.500. The number of piperidine rings is 1. The minimum absolute atomic E-state index is 0.0433. The summed E-state index contributed by atoms with van der Waals surface area (Å²) in [6.07, 6.45) is 4.91. The molecule has 1 aromatic carbocycles. The van der Waals surface area contributed by atoms with Gasteiger partial charge in [0.1, 0.15) is 11.6 Å². The first-order valence-electron chi connectivity index (χ1n) is 10.4. The first-order valence-corrected chi connectivity index (χ1v) is 10.4. The van der Waals surface area contributed by atoms with E-state index in [-0.39, 0.29) is 5.91 Å². The molecule has 7 heteroatoms. The van der Waals surface area contributed by atoms with Crippen molar-refractivity contribution in [1.29, 1.82) is 0 Å². The second kappa shape index (κ2) is 10.6. The van der Waals surface area contributed by atoms with E-state index >= 15 is 0 Å². The third kappa shape index (κ3) is 6.62. The summed E-state index contributed by atoms with van der Waals surface area (Å²) in [5.41, 5.74) is 2.07. The van der Waals surface area contributed by atoms with Gasteiger partial charge in [-0.15, -0.1) is 0 Å². The van der Waals surface area contributed by atoms with Crippen LogP contribution in [-0.2, 0) is 11.2 Å². The third-order valence-corrected chi connectivity index (χ3v) is 5.05. The SMILES string of the molecule is COc1ccc(CCC(=O)NCCNc2nc(C)cc(N3CCCCC3)n2)cc1. The number of nitrogens with one attached hydrogen (secondary N) is 2. The van der Waals surface area contributed by atoms with Crippen LogP contribution in [0.25, 0.3) is 0 Å². The molecule has 2 heterocycles. The molecule has 2 aromatic rings. The molecule has 2 N–H and O–H groups in total. The summed E-state index contributed by atoms with van der Waals surface area (Å²) >= 11 is 0. The van der Waals surface area contributed by atoms with Gasteiger partial charge < -0.3 is 20.3 Å². The van der Waals surface area contributed by atoms with Gasteiger partial charge in [0.05, 0.1) is 7.11 Å². The lowest BCUT2D eigenvalue weighted by molar-refractivity contribution is -0.120. The van der Waals surface area contributed by atoms with Crippen LogP contribution in [0.5, 0.6) is 5.75 Å². The second-order valence-corrected chi connectivity index (χ2v) is 7.36. The lowest BCUT2D eigenvalue weighted by Crippen LogP contribution is -2.31. The molecular formula is C22H31N5O2. The van der Waals surface area contributed by atoms with Crippen molar-refractivity contribution in [2.45, 2.75) is 39.0 Å². The van der Waals surface area contributed by atoms with Crippen molar-refractivity contribution in [2.24, 2.45) is 0 Å². The van der Waals surface area contributed by atoms with Gasteiger partial charge in [0.2, 0.25) is 11.9 Å². The van der Waals surface area contributed by atoms with E-state index in [0.29, 0.717) is 31.9 Å². The largest absolute Gasteiger partial charge is 0.497 e. The van der Waals surface area contributed by atoms with E-state index in [1.807, 2.05) is 37.3 Å². The topological polar surface area (TPSA) is 79.4 Å². The Morgan fingerprint density at radius 2 is 1.86 bits per heavy atom. The van der Waals surface area contributed by atoms with Crippen molar-refractivity contribution in [1.82, 2.24) is 15.3 Å². The highest BCUT2D eigenvalue weighted by Crippen LogP contribution is 2.19. The fourth-order valence-corrected chi connectivity index (χ4v) is 3.43. The molecule has 1 aliphatic heterocycles. The van der Waals surface area contributed by atoms with E-state index in [9.17, 15) is 4.79 Å². The van der Waals surface area contributed by atoms with E-state index in [4.69, 9.17) is 4.74 Å². The molecule has 0 radical (unpaired) electrons. The average molecular weight is 398 g/mol. The number of nitrogens with zero attached hydrogens (tertiary/aromatic N) is 3. The van der Waals surface area contributed by atoms with Crippen molar-refractivity contribution in [3.63, 3.8) is 0 Å². The number of hydrogen-bond donors (Lipinski definition) is 2. The Morgan fingerprint density at radius 3 is 2.59 bits per heavy atom. The average Bonchev–Trinajstić information content (AvgIpc) is 2.76. The summed E-state index contributed by atoms with van der Waals surface area (Å²) in [5, 5.41) is 6.18. The lowest BCUT2D eigenvalue weighted by atomic mass is 10.1. The molecule has 1 aliphatic rings. The first-order chi connectivity index (χ1) is 14.1. The maximum absolute atomic E-state index is 12.1. The second-order valence-electron chi connectivity index (χ2n) is 7.36. The highest BCUT2D eigenvalue weighted by Gasteiger charge is 2.13. The molecule has 0 aliphatic carbocycles. The molecule has 0 spiro atoms. The monoisotopic (exact) mass is 397 g/mol. The van der Waals surface area contributed by atoms with Crippen LogP contribution in [0.3, 0.4) is 0 Å². The van der Waals surface area contributed by atoms with E-state index in [1.165, 1.54) is 19.3 Å². The Bertz CT molecular complexity index is 788. The highest BCUT2D eigenvalue weighted by molar-refractivity contribution is 5.76. The normalized spacial score (nSPS) is 13.8. The lowest BCUT2D eigenvalue weighted by Gasteiger charge is -2.28. The van der Waals surface area contributed by atoms with Gasteiger partial charge in [0, 0.05) is 44.4 Å². The Kier molecular flexibility index (Phi) is 7.67. The maximum atomic E-state index is 12.1. The van der Waals surface area contributed by atoms with E-state index in [2.05, 4.69) is 25.5 Å². The summed E-state index contributed by atoms with van der Waals surface area (Å²) in [7, 11) is 1.65. The van der Waals surface area contributed by atoms with E-state index in [0.717, 1.165) is 35.9 Å². The van der Waals surface area contributed by atoms with Crippen LogP contribution in [0.2, 0.25) is 0 Å². The zero-order valence-electron chi connectivity index (χ0n) is 17.4. The van der Waals surface area contributed by atoms with Crippen molar-refractivity contribution in [2.75, 3.05) is 43.5 Å². The van der Waals surface area contributed by atoms with Gasteiger partial charge in [-0.3, -0.25) is 4.79 Å². The quantitative estimate of drug-likeness (QED) is 0.634. The van der Waals surface area contributed by atoms with Crippen LogP contribution < -0.4 is 20.3 Å². The van der Waals surface area contributed by atoms with Crippen LogP contribution >= 0.6 is 0 Å². The fourth-order valence-electron chi connectivity index (χ4n) is 3.43. The van der Waals surface area contributed by atoms with Crippen LogP contribution in [0, 0.1) is 6.92 Å². The molecule has 3 rings (SSSR count). The molecule has 1 fully saturated rings. The summed E-state index contributed by atoms with van der Waals surface area (Å²) in [6.45, 7) is 5.23. The van der Waals surface area contributed by atoms with Gasteiger partial charge in [0.25, 0.3) is 0 Å². The number of aryl methyl sites for hydroxylation is 2. The van der Waals surface area contributed by atoms with Crippen LogP contribution in [0.1, 0.15) is 36.9 Å². The Balaban J connectivity index is 1.39. The number of aromatic nitrogens is 2. The predicted octanol–water partition coefficient (Wildman–Crippen LogP) is 2.94. The zero-order valence-corrected chi connectivity index (χ0v) is 17.4. The van der Waals surface area contributed by atoms with Crippen LogP contribution in [0.15, 0.2) is 30.3 Å². The number of rotatable bonds is 9. The molecule has 1 amide bonds. The van der Waals surface area contributed by atoms with Gasteiger partial charge in [-0.2, -0.15) is 4.98 Å². The van der Waals surface area contributed by atoms with E-state index < -0.39 is 0 Å². The Morgan fingerprint density at radius 1 is 1.10 bits per heavy atom. The number of carbonyl (C=O) groups excluding carboxylic acids is 1. The number of hydrogen-bond acceptors (Lipinski definition) is 6. The standard InChI is InChI=1S/C22H31N5O2/c1-17-16-20(27-14-4-3-5-15-27)26-22(25-17)24-13-12-23-21(28)11-8-18-6-9-19(29-2)10-7-18/h6-7,9-10,16H,3-5,8,11-15H2,1-2H3,(H,23,28)(H,24,25,26). The minimum atomic E-state index is 0.0433. The molecule has 156 valence electrons. The maximum Gasteiger partial charge on any atom is 0.224 e. The molecule has 0 atom stereocenters. The van der Waals surface area contributed by atoms with Gasteiger partial charge >= 0.3 is 0 Å². The van der Waals surface area contributed by atoms with Crippen molar-refractivity contribution in [3.8, 4) is 5.75 Å². The number of ether oxygens (including phenoxy) is 1. The molecule has 0 bridgehead atoms. The summed E-state index contributed by atoms with van der Waals surface area (Å²) in [4.78, 5) is 23.5. The Labute approximate surface area is 172 Å². The van der Waals surface area contributed by atoms with Crippen LogP contribution in [0.4, 0.5) is 11.8 Å². The zero-order chi connectivity index (χ0) is 20.5. The smallest absolute Gasteiger partial charge is 0.224 e. The van der Waals surface area contributed by atoms with Crippen molar-refractivity contribution >= 4 is 17.7 Å². The molecule has 29 heavy (non-hydrogen) atoms. The van der Waals surface area contributed by atoms with Crippen molar-refractivity contribution < 1.29 is 9.53 Å². The molecule has 1 saturated heterocycles. The van der Waals surface area contributed by atoms with Crippen molar-refractivity contribution in [3.05, 3.63) is 41.6 Å². The summed E-state index contributed by atoms with van der Waals surface area (Å²) in [5.74, 6) is 2.48. The van der Waals surface area contributed by atoms with Gasteiger partial charge in [-0.05, 0) is 50.3 Å². The molecule has 0 saturated carbocycles. The number of methoxy groups -OCH3 is 1. The Hall–Kier alpha value is -2.83. The predicted molar refractivity (Wildman–Crippen MR) is 116 cm³/mol. The summed E-state index contributed by atoms with van der Waals surface area (Å²) < 4.78 is 5.15. The first kappa shape index (κ1) is 20.9. The molecular weight excluding hydrogens is 366 g/mol. The van der Waals surface area contributed by atoms with E-state index in [1.54, 1.807) is 7.11 Å². The van der Waals surface area contributed by atoms with Gasteiger partial charge in [-0.25, -0.2) is 4.98 Å². The highest BCUT2D eigenvalue weighted by atomic mass is 16.5. The minimum Gasteiger partial charge on any atom is -0.497 e.